The van der Waals surface area contributed by atoms with Crippen LogP contribution in [0, 0.1) is 0 Å². The summed E-state index contributed by atoms with van der Waals surface area (Å²) < 4.78 is 6.57. The average molecular weight is 256 g/mol. The third-order valence-electron chi connectivity index (χ3n) is 1.82. The molecule has 0 aromatic heterocycles. The van der Waals surface area contributed by atoms with Crippen molar-refractivity contribution in [3.8, 4) is 5.75 Å². The van der Waals surface area contributed by atoms with E-state index in [4.69, 9.17) is 10.5 Å². The van der Waals surface area contributed by atoms with Crippen molar-refractivity contribution in [2.45, 2.75) is 13.0 Å². The standard InChI is InChI=1S/C11H14BrNO/c1-2-3-6-14-11-5-4-10(12)7-9(11)8-13/h2,4-5,7H,1,3,6,8,13H2. The molecule has 0 saturated heterocycles. The van der Waals surface area contributed by atoms with Gasteiger partial charge in [-0.25, -0.2) is 0 Å². The van der Waals surface area contributed by atoms with E-state index in [1.165, 1.54) is 0 Å². The number of hydrogen-bond acceptors (Lipinski definition) is 2. The minimum atomic E-state index is 0.489. The molecule has 0 radical (unpaired) electrons. The maximum atomic E-state index is 5.60. The van der Waals surface area contributed by atoms with Gasteiger partial charge in [0.1, 0.15) is 5.75 Å². The second kappa shape index (κ2) is 5.83. The van der Waals surface area contributed by atoms with Crippen molar-refractivity contribution in [3.63, 3.8) is 0 Å². The summed E-state index contributed by atoms with van der Waals surface area (Å²) in [5.74, 6) is 0.859. The van der Waals surface area contributed by atoms with Gasteiger partial charge in [0.25, 0.3) is 0 Å². The summed E-state index contributed by atoms with van der Waals surface area (Å²) in [7, 11) is 0. The highest BCUT2D eigenvalue weighted by molar-refractivity contribution is 9.10. The van der Waals surface area contributed by atoms with Crippen LogP contribution in [-0.2, 0) is 6.54 Å². The van der Waals surface area contributed by atoms with E-state index in [0.717, 1.165) is 22.2 Å². The van der Waals surface area contributed by atoms with E-state index >= 15 is 0 Å². The number of benzene rings is 1. The van der Waals surface area contributed by atoms with Gasteiger partial charge in [-0.15, -0.1) is 6.58 Å². The van der Waals surface area contributed by atoms with Crippen LogP contribution >= 0.6 is 15.9 Å². The number of hydrogen-bond donors (Lipinski definition) is 1. The summed E-state index contributed by atoms with van der Waals surface area (Å²) in [5, 5.41) is 0. The van der Waals surface area contributed by atoms with E-state index in [-0.39, 0.29) is 0 Å². The monoisotopic (exact) mass is 255 g/mol. The van der Waals surface area contributed by atoms with Crippen LogP contribution in [0.5, 0.6) is 5.75 Å². The quantitative estimate of drug-likeness (QED) is 0.649. The van der Waals surface area contributed by atoms with Gasteiger partial charge in [-0.05, 0) is 24.6 Å². The van der Waals surface area contributed by atoms with Gasteiger partial charge in [0.15, 0.2) is 0 Å². The van der Waals surface area contributed by atoms with Crippen LogP contribution in [0.1, 0.15) is 12.0 Å². The Balaban J connectivity index is 2.69. The Hall–Kier alpha value is -0.800. The maximum absolute atomic E-state index is 5.60. The summed E-state index contributed by atoms with van der Waals surface area (Å²) in [6.07, 6.45) is 2.68. The molecule has 1 rings (SSSR count). The van der Waals surface area contributed by atoms with Crippen LogP contribution in [0.25, 0.3) is 0 Å². The van der Waals surface area contributed by atoms with Crippen LogP contribution in [0.2, 0.25) is 0 Å². The molecule has 0 unspecified atom stereocenters. The fraction of sp³-hybridized carbons (Fsp3) is 0.273. The average Bonchev–Trinajstić information content (AvgIpc) is 2.20. The first-order valence-corrected chi connectivity index (χ1v) is 5.29. The zero-order valence-electron chi connectivity index (χ0n) is 8.00. The van der Waals surface area contributed by atoms with Crippen molar-refractivity contribution in [2.75, 3.05) is 6.61 Å². The van der Waals surface area contributed by atoms with Crippen LogP contribution in [-0.4, -0.2) is 6.61 Å². The number of rotatable bonds is 5. The van der Waals surface area contributed by atoms with E-state index < -0.39 is 0 Å². The van der Waals surface area contributed by atoms with Gasteiger partial charge < -0.3 is 10.5 Å². The zero-order chi connectivity index (χ0) is 10.4. The fourth-order valence-corrected chi connectivity index (χ4v) is 1.51. The molecule has 0 spiro atoms. The normalized spacial score (nSPS) is 9.86. The second-order valence-corrected chi connectivity index (χ2v) is 3.80. The summed E-state index contributed by atoms with van der Waals surface area (Å²) in [6, 6.07) is 5.85. The Morgan fingerprint density at radius 1 is 1.50 bits per heavy atom. The molecular weight excluding hydrogens is 242 g/mol. The van der Waals surface area contributed by atoms with E-state index in [9.17, 15) is 0 Å². The highest BCUT2D eigenvalue weighted by Gasteiger charge is 2.01. The SMILES string of the molecule is C=CCCOc1ccc(Br)cc1CN. The first-order valence-electron chi connectivity index (χ1n) is 4.50. The predicted molar refractivity (Wildman–Crippen MR) is 62.3 cm³/mol. The van der Waals surface area contributed by atoms with Crippen LogP contribution in [0.3, 0.4) is 0 Å². The summed E-state index contributed by atoms with van der Waals surface area (Å²) >= 11 is 3.39. The molecule has 3 heteroatoms. The molecule has 0 aliphatic heterocycles. The molecule has 76 valence electrons. The van der Waals surface area contributed by atoms with E-state index in [1.807, 2.05) is 24.3 Å². The number of halogens is 1. The smallest absolute Gasteiger partial charge is 0.123 e. The van der Waals surface area contributed by atoms with Crippen molar-refractivity contribution in [2.24, 2.45) is 5.73 Å². The van der Waals surface area contributed by atoms with Crippen LogP contribution in [0.4, 0.5) is 0 Å². The Labute approximate surface area is 92.9 Å². The minimum absolute atomic E-state index is 0.489. The minimum Gasteiger partial charge on any atom is -0.493 e. The number of ether oxygens (including phenoxy) is 1. The molecule has 2 N–H and O–H groups in total. The van der Waals surface area contributed by atoms with Crippen molar-refractivity contribution in [1.82, 2.24) is 0 Å². The number of nitrogens with two attached hydrogens (primary N) is 1. The van der Waals surface area contributed by atoms with Gasteiger partial charge in [0.2, 0.25) is 0 Å². The molecule has 0 amide bonds. The highest BCUT2D eigenvalue weighted by atomic mass is 79.9. The molecule has 0 saturated carbocycles. The lowest BCUT2D eigenvalue weighted by molar-refractivity contribution is 0.321. The van der Waals surface area contributed by atoms with Gasteiger partial charge in [-0.1, -0.05) is 22.0 Å². The Kier molecular flexibility index (Phi) is 4.70. The molecule has 0 heterocycles. The van der Waals surface area contributed by atoms with Crippen molar-refractivity contribution in [3.05, 3.63) is 40.9 Å². The largest absolute Gasteiger partial charge is 0.493 e. The lowest BCUT2D eigenvalue weighted by Crippen LogP contribution is -2.03. The summed E-state index contributed by atoms with van der Waals surface area (Å²) in [5.41, 5.74) is 6.62. The third kappa shape index (κ3) is 3.16. The van der Waals surface area contributed by atoms with Crippen molar-refractivity contribution < 1.29 is 4.74 Å². The molecular formula is C11H14BrNO. The molecule has 1 aromatic carbocycles. The first-order chi connectivity index (χ1) is 6.77. The Bertz CT molecular complexity index is 312. The van der Waals surface area contributed by atoms with E-state index in [2.05, 4.69) is 22.5 Å². The van der Waals surface area contributed by atoms with Crippen molar-refractivity contribution >= 4 is 15.9 Å². The van der Waals surface area contributed by atoms with Gasteiger partial charge in [-0.3, -0.25) is 0 Å². The first kappa shape index (κ1) is 11.3. The molecule has 0 bridgehead atoms. The lowest BCUT2D eigenvalue weighted by atomic mass is 10.2. The zero-order valence-corrected chi connectivity index (χ0v) is 9.59. The fourth-order valence-electron chi connectivity index (χ4n) is 1.10. The molecule has 2 nitrogen and oxygen atoms in total. The molecule has 0 aliphatic carbocycles. The van der Waals surface area contributed by atoms with E-state index in [0.29, 0.717) is 13.2 Å². The lowest BCUT2D eigenvalue weighted by Gasteiger charge is -2.09. The molecule has 0 aliphatic rings. The Morgan fingerprint density at radius 2 is 2.29 bits per heavy atom. The maximum Gasteiger partial charge on any atom is 0.123 e. The van der Waals surface area contributed by atoms with Gasteiger partial charge in [0, 0.05) is 16.6 Å². The molecule has 14 heavy (non-hydrogen) atoms. The third-order valence-corrected chi connectivity index (χ3v) is 2.32. The second-order valence-electron chi connectivity index (χ2n) is 2.88. The highest BCUT2D eigenvalue weighted by Crippen LogP contribution is 2.22. The Morgan fingerprint density at radius 3 is 2.93 bits per heavy atom. The van der Waals surface area contributed by atoms with Crippen LogP contribution < -0.4 is 10.5 Å². The van der Waals surface area contributed by atoms with Crippen molar-refractivity contribution in [1.29, 1.82) is 0 Å². The summed E-state index contributed by atoms with van der Waals surface area (Å²) in [4.78, 5) is 0. The van der Waals surface area contributed by atoms with Gasteiger partial charge >= 0.3 is 0 Å². The van der Waals surface area contributed by atoms with E-state index in [1.54, 1.807) is 0 Å². The topological polar surface area (TPSA) is 35.2 Å². The van der Waals surface area contributed by atoms with Crippen LogP contribution in [0.15, 0.2) is 35.3 Å². The molecule has 1 aromatic rings. The molecule has 0 atom stereocenters. The summed E-state index contributed by atoms with van der Waals surface area (Å²) in [6.45, 7) is 4.78. The van der Waals surface area contributed by atoms with Gasteiger partial charge in [-0.2, -0.15) is 0 Å². The van der Waals surface area contributed by atoms with Gasteiger partial charge in [0.05, 0.1) is 6.61 Å². The predicted octanol–water partition coefficient (Wildman–Crippen LogP) is 2.86. The molecule has 0 fully saturated rings.